The minimum absolute atomic E-state index is 0.184. The van der Waals surface area contributed by atoms with Crippen LogP contribution in [0.4, 0.5) is 0 Å². The number of hydrogen-bond acceptors (Lipinski definition) is 5. The summed E-state index contributed by atoms with van der Waals surface area (Å²) in [7, 11) is 1.63. The molecule has 28 heavy (non-hydrogen) atoms. The average Bonchev–Trinajstić information content (AvgIpc) is 3.07. The van der Waals surface area contributed by atoms with Crippen molar-refractivity contribution < 1.29 is 23.7 Å². The molecule has 2 fully saturated rings. The molecule has 0 aromatic carbocycles. The van der Waals surface area contributed by atoms with Gasteiger partial charge in [-0.1, -0.05) is 33.8 Å². The van der Waals surface area contributed by atoms with Crippen molar-refractivity contribution in [3.05, 3.63) is 11.6 Å². The summed E-state index contributed by atoms with van der Waals surface area (Å²) < 4.78 is 23.7. The van der Waals surface area contributed by atoms with Crippen molar-refractivity contribution in [2.75, 3.05) is 27.1 Å². The zero-order chi connectivity index (χ0) is 20.4. The highest BCUT2D eigenvalue weighted by molar-refractivity contribution is 5.63. The quantitative estimate of drug-likeness (QED) is 0.345. The summed E-state index contributed by atoms with van der Waals surface area (Å²) in [5.41, 5.74) is 0.862. The van der Waals surface area contributed by atoms with E-state index in [0.717, 1.165) is 32.0 Å². The van der Waals surface area contributed by atoms with Gasteiger partial charge in [-0.3, -0.25) is 0 Å². The van der Waals surface area contributed by atoms with Crippen LogP contribution in [0.2, 0.25) is 0 Å². The summed E-state index contributed by atoms with van der Waals surface area (Å²) in [6, 6.07) is 0. The molecule has 3 rings (SSSR count). The molecule has 0 bridgehead atoms. The molecule has 3 aliphatic rings. The Morgan fingerprint density at radius 2 is 1.96 bits per heavy atom. The third kappa shape index (κ3) is 4.23. The van der Waals surface area contributed by atoms with E-state index in [4.69, 9.17) is 18.9 Å². The number of rotatable bonds is 8. The van der Waals surface area contributed by atoms with Crippen molar-refractivity contribution in [1.29, 1.82) is 0 Å². The Balaban J connectivity index is 1.95. The van der Waals surface area contributed by atoms with Crippen molar-refractivity contribution in [3.8, 4) is 0 Å². The third-order valence-electron chi connectivity index (χ3n) is 6.96. The monoisotopic (exact) mass is 394 g/mol. The van der Waals surface area contributed by atoms with Crippen molar-refractivity contribution in [2.24, 2.45) is 22.7 Å². The van der Waals surface area contributed by atoms with Gasteiger partial charge in [0, 0.05) is 20.0 Å². The number of carbonyl (C=O) groups excluding carboxylic acids is 1. The van der Waals surface area contributed by atoms with Crippen LogP contribution in [0.25, 0.3) is 0 Å². The van der Waals surface area contributed by atoms with Gasteiger partial charge in [-0.15, -0.1) is 0 Å². The topological polar surface area (TPSA) is 54.0 Å². The van der Waals surface area contributed by atoms with E-state index in [1.54, 1.807) is 7.11 Å². The number of carbonyl (C=O) groups is 1. The summed E-state index contributed by atoms with van der Waals surface area (Å²) in [5.74, 6) is 0.174. The minimum atomic E-state index is -0.693. The molecule has 5 nitrogen and oxygen atoms in total. The average molecular weight is 395 g/mol. The second-order valence-electron chi connectivity index (χ2n) is 10.0. The van der Waals surface area contributed by atoms with Crippen LogP contribution in [-0.4, -0.2) is 45.3 Å². The van der Waals surface area contributed by atoms with Crippen molar-refractivity contribution in [1.82, 2.24) is 0 Å². The van der Waals surface area contributed by atoms with E-state index < -0.39 is 11.2 Å². The normalized spacial score (nSPS) is 34.1. The molecule has 0 aromatic rings. The maximum atomic E-state index is 12.6. The van der Waals surface area contributed by atoms with Gasteiger partial charge in [0.25, 0.3) is 0 Å². The summed E-state index contributed by atoms with van der Waals surface area (Å²) in [6.07, 6.45) is 8.50. The van der Waals surface area contributed by atoms with Gasteiger partial charge >= 0.3 is 0 Å². The van der Waals surface area contributed by atoms with Crippen molar-refractivity contribution in [2.45, 2.75) is 78.1 Å². The van der Waals surface area contributed by atoms with E-state index in [2.05, 4.69) is 33.8 Å². The second kappa shape index (κ2) is 8.55. The van der Waals surface area contributed by atoms with Crippen molar-refractivity contribution >= 4 is 6.29 Å². The van der Waals surface area contributed by atoms with Crippen LogP contribution >= 0.6 is 0 Å². The molecule has 0 radical (unpaired) electrons. The molecular formula is C23H38O5. The molecular weight excluding hydrogens is 356 g/mol. The number of fused-ring (bicyclic) bond motifs is 1. The van der Waals surface area contributed by atoms with Crippen LogP contribution in [0.5, 0.6) is 0 Å². The van der Waals surface area contributed by atoms with Gasteiger partial charge in [0.1, 0.15) is 13.1 Å². The molecule has 3 atom stereocenters. The van der Waals surface area contributed by atoms with Gasteiger partial charge < -0.3 is 23.7 Å². The fourth-order valence-electron chi connectivity index (χ4n) is 5.76. The van der Waals surface area contributed by atoms with E-state index in [-0.39, 0.29) is 18.3 Å². The smallest absolute Gasteiger partial charge is 0.169 e. The zero-order valence-corrected chi connectivity index (χ0v) is 18.3. The molecule has 5 heteroatoms. The Morgan fingerprint density at radius 3 is 2.57 bits per heavy atom. The SMILES string of the molecule is COCO[C@@H]1C2=CCCC(C)(C)[C@@H]2CC[C@]1(C=O)CC1(CC(C)C)OCCO1. The summed E-state index contributed by atoms with van der Waals surface area (Å²) in [5, 5.41) is 0. The van der Waals surface area contributed by atoms with E-state index in [9.17, 15) is 4.79 Å². The Kier molecular flexibility index (Phi) is 6.70. The van der Waals surface area contributed by atoms with Gasteiger partial charge in [0.15, 0.2) is 5.79 Å². The van der Waals surface area contributed by atoms with Crippen LogP contribution in [0.3, 0.4) is 0 Å². The van der Waals surface area contributed by atoms with Crippen LogP contribution in [0.1, 0.15) is 66.2 Å². The number of methoxy groups -OCH3 is 1. The highest BCUT2D eigenvalue weighted by atomic mass is 16.7. The van der Waals surface area contributed by atoms with Gasteiger partial charge in [-0.2, -0.15) is 0 Å². The van der Waals surface area contributed by atoms with Gasteiger partial charge in [0.05, 0.1) is 24.7 Å². The molecule has 0 aromatic heterocycles. The minimum Gasteiger partial charge on any atom is -0.359 e. The summed E-state index contributed by atoms with van der Waals surface area (Å²) in [6.45, 7) is 10.4. The van der Waals surface area contributed by atoms with Crippen LogP contribution in [-0.2, 0) is 23.7 Å². The lowest BCUT2D eigenvalue weighted by atomic mass is 9.55. The number of hydrogen-bond donors (Lipinski definition) is 0. The Morgan fingerprint density at radius 1 is 1.25 bits per heavy atom. The fourth-order valence-corrected chi connectivity index (χ4v) is 5.76. The molecule has 1 saturated heterocycles. The Bertz CT molecular complexity index is 576. The zero-order valence-electron chi connectivity index (χ0n) is 18.3. The third-order valence-corrected chi connectivity index (χ3v) is 6.96. The predicted molar refractivity (Wildman–Crippen MR) is 108 cm³/mol. The lowest BCUT2D eigenvalue weighted by molar-refractivity contribution is -0.211. The Labute approximate surface area is 170 Å². The number of ether oxygens (including phenoxy) is 4. The Hall–Kier alpha value is -0.750. The lowest BCUT2D eigenvalue weighted by Gasteiger charge is -2.52. The first kappa shape index (κ1) is 21.9. The highest BCUT2D eigenvalue weighted by Crippen LogP contribution is 2.56. The fraction of sp³-hybridized carbons (Fsp3) is 0.870. The first-order valence-electron chi connectivity index (χ1n) is 10.8. The molecule has 0 spiro atoms. The molecule has 160 valence electrons. The first-order chi connectivity index (χ1) is 13.3. The van der Waals surface area contributed by atoms with E-state index in [1.165, 1.54) is 12.0 Å². The summed E-state index contributed by atoms with van der Waals surface area (Å²) in [4.78, 5) is 12.6. The van der Waals surface area contributed by atoms with E-state index >= 15 is 0 Å². The second-order valence-corrected chi connectivity index (χ2v) is 10.0. The molecule has 0 N–H and O–H groups in total. The largest absolute Gasteiger partial charge is 0.359 e. The first-order valence-corrected chi connectivity index (χ1v) is 10.8. The van der Waals surface area contributed by atoms with Gasteiger partial charge in [-0.05, 0) is 48.5 Å². The molecule has 2 aliphatic carbocycles. The molecule has 1 saturated carbocycles. The molecule has 0 unspecified atom stereocenters. The maximum absolute atomic E-state index is 12.6. The lowest BCUT2D eigenvalue weighted by Crippen LogP contribution is -2.53. The number of allylic oxidation sites excluding steroid dienone is 1. The number of aldehydes is 1. The molecule has 1 heterocycles. The van der Waals surface area contributed by atoms with Gasteiger partial charge in [-0.25, -0.2) is 0 Å². The van der Waals surface area contributed by atoms with Crippen LogP contribution in [0, 0.1) is 22.7 Å². The maximum Gasteiger partial charge on any atom is 0.169 e. The van der Waals surface area contributed by atoms with Crippen LogP contribution in [0.15, 0.2) is 11.6 Å². The summed E-state index contributed by atoms with van der Waals surface area (Å²) >= 11 is 0. The van der Waals surface area contributed by atoms with E-state index in [0.29, 0.717) is 31.5 Å². The van der Waals surface area contributed by atoms with Crippen molar-refractivity contribution in [3.63, 3.8) is 0 Å². The standard InChI is InChI=1S/C23H38O5/c1-17(2)13-23(27-11-12-28-23)14-22(15-24)10-8-19-18(20(22)26-16-25-5)7-6-9-21(19,3)4/h7,15,17,19-20H,6,8-14,16H2,1-5H3/t19-,20-,22-/m1/s1. The molecule has 0 amide bonds. The predicted octanol–water partition coefficient (Wildman–Crippen LogP) is 4.50. The van der Waals surface area contributed by atoms with Crippen LogP contribution < -0.4 is 0 Å². The van der Waals surface area contributed by atoms with Gasteiger partial charge in [0.2, 0.25) is 0 Å². The molecule has 1 aliphatic heterocycles. The highest BCUT2D eigenvalue weighted by Gasteiger charge is 2.56. The van der Waals surface area contributed by atoms with E-state index in [1.807, 2.05) is 0 Å².